The van der Waals surface area contributed by atoms with Crippen molar-refractivity contribution in [2.75, 3.05) is 46.4 Å². The Kier molecular flexibility index (Phi) is 7.76. The number of aromatic nitrogens is 1. The Balaban J connectivity index is 1.40. The zero-order chi connectivity index (χ0) is 22.3. The van der Waals surface area contributed by atoms with Crippen LogP contribution in [-0.2, 0) is 17.8 Å². The second-order valence-corrected chi connectivity index (χ2v) is 9.08. The van der Waals surface area contributed by atoms with Gasteiger partial charge in [0.2, 0.25) is 11.8 Å². The molecule has 1 aromatic carbocycles. The molecule has 2 aliphatic heterocycles. The summed E-state index contributed by atoms with van der Waals surface area (Å²) in [7, 11) is 1.69. The number of piperidine rings is 1. The largest absolute Gasteiger partial charge is 0.481 e. The molecule has 1 aromatic heterocycles. The van der Waals surface area contributed by atoms with Crippen LogP contribution in [0.15, 0.2) is 48.7 Å². The van der Waals surface area contributed by atoms with E-state index in [-0.39, 0.29) is 5.91 Å². The van der Waals surface area contributed by atoms with Crippen LogP contribution in [0.4, 0.5) is 0 Å². The lowest BCUT2D eigenvalue weighted by molar-refractivity contribution is -0.131. The lowest BCUT2D eigenvalue weighted by atomic mass is 9.84. The first-order chi connectivity index (χ1) is 15.6. The van der Waals surface area contributed by atoms with Crippen molar-refractivity contribution >= 4 is 5.91 Å². The number of methoxy groups -OCH3 is 1. The molecule has 1 unspecified atom stereocenters. The van der Waals surface area contributed by atoms with Crippen LogP contribution < -0.4 is 4.74 Å². The Labute approximate surface area is 192 Å². The number of ether oxygens (including phenoxy) is 1. The second-order valence-electron chi connectivity index (χ2n) is 9.08. The zero-order valence-corrected chi connectivity index (χ0v) is 19.4. The van der Waals surface area contributed by atoms with Crippen molar-refractivity contribution in [2.24, 2.45) is 5.92 Å². The third kappa shape index (κ3) is 5.67. The molecule has 1 amide bonds. The molecule has 0 bridgehead atoms. The third-order valence-corrected chi connectivity index (χ3v) is 7.13. The fourth-order valence-electron chi connectivity index (χ4n) is 5.28. The van der Waals surface area contributed by atoms with Crippen molar-refractivity contribution in [3.05, 3.63) is 59.8 Å². The molecule has 2 aromatic rings. The van der Waals surface area contributed by atoms with Gasteiger partial charge in [0.15, 0.2) is 0 Å². The highest BCUT2D eigenvalue weighted by Crippen LogP contribution is 2.29. The molecule has 2 saturated heterocycles. The van der Waals surface area contributed by atoms with Gasteiger partial charge in [-0.2, -0.15) is 0 Å². The van der Waals surface area contributed by atoms with E-state index in [2.05, 4.69) is 51.2 Å². The number of benzene rings is 1. The summed E-state index contributed by atoms with van der Waals surface area (Å²) in [5.74, 6) is 1.61. The maximum Gasteiger partial charge on any atom is 0.219 e. The van der Waals surface area contributed by atoms with Gasteiger partial charge in [-0.05, 0) is 49.9 Å². The number of hydrogen-bond acceptors (Lipinski definition) is 5. The van der Waals surface area contributed by atoms with Crippen molar-refractivity contribution < 1.29 is 9.53 Å². The summed E-state index contributed by atoms with van der Waals surface area (Å²) >= 11 is 0. The van der Waals surface area contributed by atoms with Crippen LogP contribution >= 0.6 is 0 Å². The molecule has 0 spiro atoms. The van der Waals surface area contributed by atoms with Crippen LogP contribution in [0.1, 0.15) is 30.9 Å². The predicted molar refractivity (Wildman–Crippen MR) is 127 cm³/mol. The first-order valence-electron chi connectivity index (χ1n) is 11.9. The van der Waals surface area contributed by atoms with Crippen molar-refractivity contribution in [1.29, 1.82) is 0 Å². The molecule has 0 radical (unpaired) electrons. The summed E-state index contributed by atoms with van der Waals surface area (Å²) in [6.07, 6.45) is 5.27. The number of piperazine rings is 1. The lowest BCUT2D eigenvalue weighted by Gasteiger charge is -2.44. The number of pyridine rings is 1. The van der Waals surface area contributed by atoms with Crippen LogP contribution in [0.2, 0.25) is 0 Å². The number of carbonyl (C=O) groups is 1. The average molecular weight is 437 g/mol. The van der Waals surface area contributed by atoms with Gasteiger partial charge in [-0.1, -0.05) is 36.4 Å². The minimum absolute atomic E-state index is 0.198. The fraction of sp³-hybridized carbons (Fsp3) is 0.538. The number of nitrogens with zero attached hydrogens (tertiary/aromatic N) is 4. The Morgan fingerprint density at radius 1 is 1.03 bits per heavy atom. The average Bonchev–Trinajstić information content (AvgIpc) is 2.84. The Hall–Kier alpha value is -2.44. The fourth-order valence-corrected chi connectivity index (χ4v) is 5.28. The Morgan fingerprint density at radius 2 is 1.75 bits per heavy atom. The van der Waals surface area contributed by atoms with E-state index >= 15 is 0 Å². The molecule has 2 fully saturated rings. The van der Waals surface area contributed by atoms with Crippen molar-refractivity contribution in [3.63, 3.8) is 0 Å². The van der Waals surface area contributed by atoms with Gasteiger partial charge in [-0.25, -0.2) is 4.98 Å². The second kappa shape index (κ2) is 10.9. The van der Waals surface area contributed by atoms with Gasteiger partial charge in [-0.3, -0.25) is 14.6 Å². The van der Waals surface area contributed by atoms with Gasteiger partial charge in [0, 0.05) is 57.4 Å². The van der Waals surface area contributed by atoms with Crippen LogP contribution in [0.5, 0.6) is 5.88 Å². The number of amides is 1. The van der Waals surface area contributed by atoms with Gasteiger partial charge < -0.3 is 9.64 Å². The molecule has 6 nitrogen and oxygen atoms in total. The summed E-state index contributed by atoms with van der Waals surface area (Å²) in [6, 6.07) is 15.5. The van der Waals surface area contributed by atoms with Gasteiger partial charge in [0.1, 0.15) is 0 Å². The summed E-state index contributed by atoms with van der Waals surface area (Å²) in [6.45, 7) is 8.42. The molecular formula is C26H36N4O2. The topological polar surface area (TPSA) is 48.9 Å². The molecule has 0 aliphatic carbocycles. The molecule has 0 saturated carbocycles. The van der Waals surface area contributed by atoms with Crippen molar-refractivity contribution in [3.8, 4) is 5.88 Å². The van der Waals surface area contributed by atoms with Gasteiger partial charge in [0.25, 0.3) is 0 Å². The highest BCUT2D eigenvalue weighted by Gasteiger charge is 2.33. The minimum atomic E-state index is 0.198. The molecular weight excluding hydrogens is 400 g/mol. The lowest BCUT2D eigenvalue weighted by Crippen LogP contribution is -2.55. The van der Waals surface area contributed by atoms with Gasteiger partial charge in [-0.15, -0.1) is 0 Å². The van der Waals surface area contributed by atoms with E-state index in [1.54, 1.807) is 20.2 Å². The number of hydrogen-bond donors (Lipinski definition) is 0. The summed E-state index contributed by atoms with van der Waals surface area (Å²) in [5, 5.41) is 0. The molecule has 0 N–H and O–H groups in total. The van der Waals surface area contributed by atoms with Crippen LogP contribution in [0.3, 0.4) is 0 Å². The molecule has 6 heteroatoms. The monoisotopic (exact) mass is 436 g/mol. The van der Waals surface area contributed by atoms with E-state index in [1.165, 1.54) is 18.4 Å². The van der Waals surface area contributed by atoms with Crippen LogP contribution in [0.25, 0.3) is 0 Å². The van der Waals surface area contributed by atoms with Gasteiger partial charge >= 0.3 is 0 Å². The summed E-state index contributed by atoms with van der Waals surface area (Å²) in [4.78, 5) is 23.3. The molecule has 4 rings (SSSR count). The highest BCUT2D eigenvalue weighted by molar-refractivity contribution is 5.73. The van der Waals surface area contributed by atoms with Crippen molar-refractivity contribution in [2.45, 2.75) is 38.8 Å². The number of carbonyl (C=O) groups excluding carboxylic acids is 1. The molecule has 2 aliphatic rings. The third-order valence-electron chi connectivity index (χ3n) is 7.13. The van der Waals surface area contributed by atoms with Crippen LogP contribution in [-0.4, -0.2) is 78.0 Å². The zero-order valence-electron chi connectivity index (χ0n) is 19.4. The Morgan fingerprint density at radius 3 is 2.41 bits per heavy atom. The molecule has 1 atom stereocenters. The van der Waals surface area contributed by atoms with Gasteiger partial charge in [0.05, 0.1) is 7.11 Å². The molecule has 3 heterocycles. The first-order valence-corrected chi connectivity index (χ1v) is 11.9. The van der Waals surface area contributed by atoms with E-state index < -0.39 is 0 Å². The normalized spacial score (nSPS) is 19.6. The first kappa shape index (κ1) is 22.7. The molecule has 172 valence electrons. The van der Waals surface area contributed by atoms with Crippen LogP contribution in [0, 0.1) is 5.92 Å². The quantitative estimate of drug-likeness (QED) is 0.668. The number of likely N-dealkylation sites (tertiary alicyclic amines) is 1. The number of rotatable bonds is 7. The van der Waals surface area contributed by atoms with E-state index in [9.17, 15) is 4.79 Å². The maximum absolute atomic E-state index is 11.8. The van der Waals surface area contributed by atoms with E-state index in [4.69, 9.17) is 4.74 Å². The molecule has 32 heavy (non-hydrogen) atoms. The smallest absolute Gasteiger partial charge is 0.219 e. The summed E-state index contributed by atoms with van der Waals surface area (Å²) < 4.78 is 5.45. The van der Waals surface area contributed by atoms with E-state index in [0.29, 0.717) is 12.0 Å². The standard InChI is InChI=1S/C26H36N4O2/c1-21(31)29-15-17-30(18-16-29)25(19-22-7-4-3-5-8-22)23-10-13-28(14-11-23)20-24-9-6-12-27-26(24)32-2/h3-9,12,23,25H,10-11,13-20H2,1-2H3. The predicted octanol–water partition coefficient (Wildman–Crippen LogP) is 3.08. The SMILES string of the molecule is COc1ncccc1CN1CCC(C(Cc2ccccc2)N2CCN(C(C)=O)CC2)CC1. The van der Waals surface area contributed by atoms with E-state index in [0.717, 1.165) is 63.7 Å². The van der Waals surface area contributed by atoms with Crippen molar-refractivity contribution in [1.82, 2.24) is 19.7 Å². The van der Waals surface area contributed by atoms with E-state index in [1.807, 2.05) is 11.0 Å². The Bertz CT molecular complexity index is 859. The summed E-state index contributed by atoms with van der Waals surface area (Å²) in [5.41, 5.74) is 2.57. The highest BCUT2D eigenvalue weighted by atomic mass is 16.5. The maximum atomic E-state index is 11.8. The minimum Gasteiger partial charge on any atom is -0.481 e.